The number of ether oxygens (including phenoxy) is 1. The van der Waals surface area contributed by atoms with Crippen LogP contribution in [-0.4, -0.2) is 114 Å². The van der Waals surface area contributed by atoms with E-state index >= 15 is 4.39 Å². The van der Waals surface area contributed by atoms with Gasteiger partial charge >= 0.3 is 0 Å². The number of aryl methyl sites for hydroxylation is 1. The molecule has 5 aliphatic rings. The number of halogens is 2. The van der Waals surface area contributed by atoms with Crippen molar-refractivity contribution in [3.8, 4) is 5.75 Å². The van der Waals surface area contributed by atoms with Crippen LogP contribution in [0.15, 0.2) is 59.6 Å². The molecule has 0 spiro atoms. The highest BCUT2D eigenvalue weighted by Gasteiger charge is 2.47. The summed E-state index contributed by atoms with van der Waals surface area (Å²) in [4.78, 5) is 68.3. The number of amides is 4. The molecular weight excluding hydrogens is 901 g/mol. The Morgan fingerprint density at radius 2 is 1.57 bits per heavy atom. The first-order valence-corrected chi connectivity index (χ1v) is 24.9. The predicted molar refractivity (Wildman–Crippen MR) is 253 cm³/mol. The summed E-state index contributed by atoms with van der Waals surface area (Å²) in [6, 6.07) is 12.3. The summed E-state index contributed by atoms with van der Waals surface area (Å²) in [6.07, 6.45) is 5.14. The molecule has 4 amide bonds. The van der Waals surface area contributed by atoms with Gasteiger partial charge in [-0.2, -0.15) is 4.98 Å². The smallest absolute Gasteiger partial charge is 0.262 e. The molecule has 1 aromatic heterocycles. The minimum absolute atomic E-state index is 0.0109. The number of fused-ring (bicyclic) bond motifs is 3. The summed E-state index contributed by atoms with van der Waals surface area (Å²) in [5.74, 6) is -1.49. The number of aromatic nitrogens is 2. The SMILES string of the molecule is Cc1cc(Nc2ncc(Cl)c(Nc3ccccc3S(=O)(=O)C(C)C)n2)c(OC(C)C)cc1N1CCC(CN2CC3CCC(C2)N3c2cc3c(cc2F)C(=O)N(C2CCC(=O)NC2=O)C3=O)CC1. The van der Waals surface area contributed by atoms with Gasteiger partial charge in [0.05, 0.1) is 50.6 Å². The molecule has 4 aromatic rings. The number of nitrogens with zero attached hydrogens (tertiary/aromatic N) is 6. The highest BCUT2D eigenvalue weighted by atomic mass is 35.5. The van der Waals surface area contributed by atoms with Gasteiger partial charge < -0.3 is 25.2 Å². The molecule has 16 nitrogen and oxygen atoms in total. The normalized spacial score (nSPS) is 21.4. The largest absolute Gasteiger partial charge is 0.489 e. The van der Waals surface area contributed by atoms with Crippen molar-refractivity contribution in [3.63, 3.8) is 0 Å². The lowest BCUT2D eigenvalue weighted by Gasteiger charge is -2.44. The third-order valence-electron chi connectivity index (χ3n) is 13.5. The zero-order valence-corrected chi connectivity index (χ0v) is 39.7. The number of benzene rings is 3. The number of hydrogen-bond acceptors (Lipinski definition) is 14. The van der Waals surface area contributed by atoms with E-state index in [1.165, 1.54) is 12.3 Å². The molecule has 19 heteroatoms. The van der Waals surface area contributed by atoms with Crippen molar-refractivity contribution in [2.75, 3.05) is 53.2 Å². The van der Waals surface area contributed by atoms with Gasteiger partial charge in [0.15, 0.2) is 15.7 Å². The average Bonchev–Trinajstić information content (AvgIpc) is 3.68. The second-order valence-electron chi connectivity index (χ2n) is 18.8. The second kappa shape index (κ2) is 18.3. The molecule has 67 heavy (non-hydrogen) atoms. The van der Waals surface area contributed by atoms with Crippen LogP contribution in [0.2, 0.25) is 5.02 Å². The maximum atomic E-state index is 15.9. The molecule has 6 heterocycles. The van der Waals surface area contributed by atoms with Crippen LogP contribution >= 0.6 is 11.6 Å². The Hall–Kier alpha value is -5.85. The van der Waals surface area contributed by atoms with Crippen LogP contribution in [0.5, 0.6) is 5.75 Å². The first-order chi connectivity index (χ1) is 32.0. The number of imide groups is 2. The van der Waals surface area contributed by atoms with Crippen LogP contribution in [0.4, 0.5) is 38.9 Å². The zero-order valence-electron chi connectivity index (χ0n) is 38.1. The number of carbonyl (C=O) groups is 4. The Labute approximate surface area is 394 Å². The lowest BCUT2D eigenvalue weighted by Crippen LogP contribution is -2.55. The first kappa shape index (κ1) is 46.3. The monoisotopic (exact) mass is 955 g/mol. The molecule has 4 saturated heterocycles. The molecular formula is C48H55ClFN9O7S. The molecule has 354 valence electrons. The summed E-state index contributed by atoms with van der Waals surface area (Å²) in [5.41, 5.74) is 3.48. The number of anilines is 6. The third kappa shape index (κ3) is 9.02. The van der Waals surface area contributed by atoms with E-state index in [4.69, 9.17) is 16.3 Å². The van der Waals surface area contributed by atoms with Crippen LogP contribution in [-0.2, 0) is 19.4 Å². The molecule has 3 unspecified atom stereocenters. The Bertz CT molecular complexity index is 2750. The fourth-order valence-corrected chi connectivity index (χ4v) is 11.6. The van der Waals surface area contributed by atoms with Crippen LogP contribution in [0.1, 0.15) is 92.5 Å². The van der Waals surface area contributed by atoms with Crippen LogP contribution in [0.25, 0.3) is 0 Å². The van der Waals surface area contributed by atoms with E-state index in [2.05, 4.69) is 53.6 Å². The molecule has 3 atom stereocenters. The van der Waals surface area contributed by atoms with Crippen LogP contribution < -0.4 is 30.5 Å². The molecule has 0 aliphatic carbocycles. The molecule has 3 N–H and O–H groups in total. The Kier molecular flexibility index (Phi) is 12.7. The standard InChI is InChI=1S/C48H55ClFN9O7S/c1-26(2)66-41-21-39(28(5)18-37(41)53-48-51-22-34(49)44(55-48)52-36-8-6-7-9-42(36)67(64,65)27(3)4)57-16-14-29(15-17-57)23-56-24-30-10-11-31(25-56)58(30)40-20-33-32(19-35(40)50)46(62)59(47(33)63)38-12-13-43(60)54-45(38)61/h6-9,18-22,26-27,29-31,38H,10-17,23-25H2,1-5H3,(H,54,60,61)(H2,51,52,53,55). The quantitative estimate of drug-likeness (QED) is 0.116. The fraction of sp³-hybridized carbons (Fsp3) is 0.458. The number of piperazine rings is 1. The van der Waals surface area contributed by atoms with Crippen molar-refractivity contribution in [2.45, 2.75) is 108 Å². The van der Waals surface area contributed by atoms with E-state index in [9.17, 15) is 27.6 Å². The highest BCUT2D eigenvalue weighted by molar-refractivity contribution is 7.92. The highest BCUT2D eigenvalue weighted by Crippen LogP contribution is 2.42. The second-order valence-corrected chi connectivity index (χ2v) is 21.6. The van der Waals surface area contributed by atoms with E-state index < -0.39 is 50.6 Å². The van der Waals surface area contributed by atoms with E-state index in [0.29, 0.717) is 28.7 Å². The number of likely N-dealkylation sites (tertiary alicyclic amines) is 1. The van der Waals surface area contributed by atoms with Crippen LogP contribution in [0, 0.1) is 18.7 Å². The maximum Gasteiger partial charge on any atom is 0.262 e. The van der Waals surface area contributed by atoms with E-state index in [0.717, 1.165) is 80.6 Å². The summed E-state index contributed by atoms with van der Waals surface area (Å²) in [6.45, 7) is 13.4. The van der Waals surface area contributed by atoms with Crippen molar-refractivity contribution in [1.29, 1.82) is 0 Å². The van der Waals surface area contributed by atoms with Crippen molar-refractivity contribution in [2.24, 2.45) is 5.92 Å². The number of sulfone groups is 1. The zero-order chi connectivity index (χ0) is 47.5. The molecule has 0 saturated carbocycles. The number of para-hydroxylation sites is 1. The van der Waals surface area contributed by atoms with Gasteiger partial charge in [0.25, 0.3) is 11.8 Å². The molecule has 0 radical (unpaired) electrons. The van der Waals surface area contributed by atoms with Crippen molar-refractivity contribution < 1.29 is 36.7 Å². The lowest BCUT2D eigenvalue weighted by molar-refractivity contribution is -0.136. The molecule has 4 fully saturated rings. The van der Waals surface area contributed by atoms with E-state index in [1.807, 2.05) is 19.9 Å². The molecule has 3 aromatic carbocycles. The third-order valence-corrected chi connectivity index (χ3v) is 16.0. The molecule has 5 aliphatic heterocycles. The Balaban J connectivity index is 0.839. The average molecular weight is 957 g/mol. The van der Waals surface area contributed by atoms with Gasteiger partial charge in [0.2, 0.25) is 17.8 Å². The number of nitrogens with one attached hydrogen (secondary N) is 3. The van der Waals surface area contributed by atoms with E-state index in [1.54, 1.807) is 38.1 Å². The predicted octanol–water partition coefficient (Wildman–Crippen LogP) is 7.00. The molecule has 2 bridgehead atoms. The minimum atomic E-state index is -3.60. The summed E-state index contributed by atoms with van der Waals surface area (Å²) in [7, 11) is -3.60. The van der Waals surface area contributed by atoms with Crippen molar-refractivity contribution >= 4 is 79.6 Å². The number of piperidine rings is 2. The summed E-state index contributed by atoms with van der Waals surface area (Å²) in [5, 5.41) is 8.23. The Morgan fingerprint density at radius 1 is 0.881 bits per heavy atom. The van der Waals surface area contributed by atoms with Gasteiger partial charge in [-0.1, -0.05) is 23.7 Å². The van der Waals surface area contributed by atoms with Gasteiger partial charge in [0, 0.05) is 63.0 Å². The van der Waals surface area contributed by atoms with E-state index in [-0.39, 0.29) is 63.8 Å². The number of hydrogen-bond donors (Lipinski definition) is 3. The lowest BCUT2D eigenvalue weighted by atomic mass is 9.94. The van der Waals surface area contributed by atoms with Gasteiger partial charge in [0.1, 0.15) is 22.6 Å². The Morgan fingerprint density at radius 3 is 2.24 bits per heavy atom. The minimum Gasteiger partial charge on any atom is -0.489 e. The number of carbonyl (C=O) groups excluding carboxylic acids is 4. The van der Waals surface area contributed by atoms with Gasteiger partial charge in [-0.3, -0.25) is 34.3 Å². The maximum absolute atomic E-state index is 15.9. The summed E-state index contributed by atoms with van der Waals surface area (Å²) < 4.78 is 48.5. The first-order valence-electron chi connectivity index (χ1n) is 23.0. The van der Waals surface area contributed by atoms with Crippen LogP contribution in [0.3, 0.4) is 0 Å². The van der Waals surface area contributed by atoms with Crippen molar-refractivity contribution in [3.05, 3.63) is 82.3 Å². The van der Waals surface area contributed by atoms with Gasteiger partial charge in [-0.25, -0.2) is 17.8 Å². The summed E-state index contributed by atoms with van der Waals surface area (Å²) >= 11 is 6.53. The van der Waals surface area contributed by atoms with Gasteiger partial charge in [-0.05, 0) is 109 Å². The fourth-order valence-electron chi connectivity index (χ4n) is 10.2. The van der Waals surface area contributed by atoms with Crippen molar-refractivity contribution in [1.82, 2.24) is 25.1 Å². The molecule has 9 rings (SSSR count). The topological polar surface area (TPSA) is 186 Å². The number of rotatable bonds is 13. The van der Waals surface area contributed by atoms with Gasteiger partial charge in [-0.15, -0.1) is 0 Å².